The number of nitrogens with zero attached hydrogens (tertiary/aromatic N) is 5. The predicted molar refractivity (Wildman–Crippen MR) is 119 cm³/mol. The van der Waals surface area contributed by atoms with E-state index in [0.29, 0.717) is 47.5 Å². The van der Waals surface area contributed by atoms with Crippen LogP contribution in [0.5, 0.6) is 0 Å². The van der Waals surface area contributed by atoms with Gasteiger partial charge in [-0.3, -0.25) is 0 Å². The standard InChI is InChI=1S/C20H17F3N6O3S2/c21-20(22,23)15-9-13(10-25-17(15)24)16-11-26-19-29(16)27-18(33-19)12-1-3-14(4-2-12)34(30,31)28-5-7-32-8-6-28/h1-4,9-11H,5-8H2,(H2,24,25). The van der Waals surface area contributed by atoms with Crippen LogP contribution < -0.4 is 5.73 Å². The van der Waals surface area contributed by atoms with Gasteiger partial charge in [0.05, 0.1) is 35.6 Å². The lowest BCUT2D eigenvalue weighted by atomic mass is 10.1. The summed E-state index contributed by atoms with van der Waals surface area (Å²) in [6.07, 6.45) is -2.00. The molecular weight excluding hydrogens is 493 g/mol. The second kappa shape index (κ2) is 8.30. The van der Waals surface area contributed by atoms with Crippen molar-refractivity contribution in [1.82, 2.24) is 23.9 Å². The summed E-state index contributed by atoms with van der Waals surface area (Å²) in [4.78, 5) is 8.52. The van der Waals surface area contributed by atoms with Crippen LogP contribution >= 0.6 is 11.3 Å². The van der Waals surface area contributed by atoms with Crippen molar-refractivity contribution in [3.63, 3.8) is 0 Å². The first-order valence-corrected chi connectivity index (χ1v) is 12.3. The molecule has 0 bridgehead atoms. The molecule has 0 amide bonds. The number of pyridine rings is 1. The lowest BCUT2D eigenvalue weighted by Gasteiger charge is -2.26. The molecule has 1 aromatic carbocycles. The number of halogens is 3. The number of rotatable bonds is 4. The molecule has 0 aliphatic carbocycles. The van der Waals surface area contributed by atoms with Crippen LogP contribution in [-0.4, -0.2) is 58.6 Å². The summed E-state index contributed by atoms with van der Waals surface area (Å²) in [7, 11) is -3.63. The molecule has 0 radical (unpaired) electrons. The van der Waals surface area contributed by atoms with Gasteiger partial charge >= 0.3 is 6.18 Å². The largest absolute Gasteiger partial charge is 0.419 e. The van der Waals surface area contributed by atoms with Gasteiger partial charge in [-0.2, -0.15) is 22.6 Å². The fourth-order valence-corrected chi connectivity index (χ4v) is 5.84. The first kappa shape index (κ1) is 22.7. The van der Waals surface area contributed by atoms with E-state index in [1.54, 1.807) is 12.1 Å². The van der Waals surface area contributed by atoms with Gasteiger partial charge in [0, 0.05) is 30.4 Å². The van der Waals surface area contributed by atoms with Gasteiger partial charge < -0.3 is 10.5 Å². The zero-order valence-corrected chi connectivity index (χ0v) is 19.0. The normalized spacial score (nSPS) is 15.7. The van der Waals surface area contributed by atoms with Crippen molar-refractivity contribution in [3.05, 3.63) is 48.3 Å². The number of anilines is 1. The van der Waals surface area contributed by atoms with Gasteiger partial charge in [0.2, 0.25) is 15.0 Å². The summed E-state index contributed by atoms with van der Waals surface area (Å²) in [5.74, 6) is -0.608. The molecule has 0 atom stereocenters. The summed E-state index contributed by atoms with van der Waals surface area (Å²) in [5, 5.41) is 5.00. The first-order chi connectivity index (χ1) is 16.1. The minimum absolute atomic E-state index is 0.160. The number of fused-ring (bicyclic) bond motifs is 1. The Morgan fingerprint density at radius 3 is 2.41 bits per heavy atom. The first-order valence-electron chi connectivity index (χ1n) is 10.0. The molecule has 4 heterocycles. The lowest BCUT2D eigenvalue weighted by Crippen LogP contribution is -2.40. The number of benzene rings is 1. The van der Waals surface area contributed by atoms with Crippen molar-refractivity contribution in [1.29, 1.82) is 0 Å². The summed E-state index contributed by atoms with van der Waals surface area (Å²) >= 11 is 1.22. The maximum absolute atomic E-state index is 13.2. The topological polar surface area (TPSA) is 116 Å². The summed E-state index contributed by atoms with van der Waals surface area (Å²) in [6, 6.07) is 7.20. The van der Waals surface area contributed by atoms with Gasteiger partial charge in [-0.1, -0.05) is 23.5 Å². The van der Waals surface area contributed by atoms with Crippen molar-refractivity contribution in [3.8, 4) is 21.8 Å². The molecule has 9 nitrogen and oxygen atoms in total. The van der Waals surface area contributed by atoms with E-state index in [9.17, 15) is 21.6 Å². The predicted octanol–water partition coefficient (Wildman–Crippen LogP) is 3.14. The van der Waals surface area contributed by atoms with Crippen LogP contribution in [0.3, 0.4) is 0 Å². The van der Waals surface area contributed by atoms with Crippen LogP contribution in [0, 0.1) is 0 Å². The van der Waals surface area contributed by atoms with E-state index < -0.39 is 27.6 Å². The Kier molecular flexibility index (Phi) is 5.55. The smallest absolute Gasteiger partial charge is 0.383 e. The van der Waals surface area contributed by atoms with Gasteiger partial charge in [-0.25, -0.2) is 22.9 Å². The Morgan fingerprint density at radius 2 is 1.74 bits per heavy atom. The van der Waals surface area contributed by atoms with Crippen LogP contribution in [0.25, 0.3) is 26.8 Å². The molecule has 34 heavy (non-hydrogen) atoms. The number of sulfonamides is 1. The number of nitrogens with two attached hydrogens (primary N) is 1. The summed E-state index contributed by atoms with van der Waals surface area (Å²) in [6.45, 7) is 1.30. The number of nitrogen functional groups attached to an aromatic ring is 1. The minimum atomic E-state index is -4.65. The highest BCUT2D eigenvalue weighted by molar-refractivity contribution is 7.89. The van der Waals surface area contributed by atoms with Crippen molar-refractivity contribution < 1.29 is 26.3 Å². The maximum atomic E-state index is 13.2. The fourth-order valence-electron chi connectivity index (χ4n) is 3.55. The Morgan fingerprint density at radius 1 is 1.03 bits per heavy atom. The number of aromatic nitrogens is 4. The van der Waals surface area contributed by atoms with Crippen LogP contribution in [-0.2, 0) is 20.9 Å². The van der Waals surface area contributed by atoms with E-state index in [2.05, 4.69) is 15.1 Å². The molecule has 14 heteroatoms. The van der Waals surface area contributed by atoms with Crippen molar-refractivity contribution in [2.75, 3.05) is 32.0 Å². The number of hydrogen-bond acceptors (Lipinski definition) is 8. The summed E-state index contributed by atoms with van der Waals surface area (Å²) < 4.78 is 73.3. The number of imidazole rings is 1. The molecule has 1 fully saturated rings. The molecule has 0 spiro atoms. The molecule has 4 aromatic rings. The Bertz CT molecular complexity index is 1460. The quantitative estimate of drug-likeness (QED) is 0.448. The van der Waals surface area contributed by atoms with Gasteiger partial charge in [0.1, 0.15) is 10.8 Å². The SMILES string of the molecule is Nc1ncc(-c2cnc3sc(-c4ccc(S(=O)(=O)N5CCOCC5)cc4)nn23)cc1C(F)(F)F. The highest BCUT2D eigenvalue weighted by Crippen LogP contribution is 2.36. The highest BCUT2D eigenvalue weighted by Gasteiger charge is 2.34. The zero-order valence-electron chi connectivity index (χ0n) is 17.4. The molecule has 1 aliphatic rings. The monoisotopic (exact) mass is 510 g/mol. The third-order valence-electron chi connectivity index (χ3n) is 5.31. The van der Waals surface area contributed by atoms with E-state index in [4.69, 9.17) is 10.5 Å². The fraction of sp³-hybridized carbons (Fsp3) is 0.250. The Balaban J connectivity index is 1.47. The second-order valence-electron chi connectivity index (χ2n) is 7.44. The number of alkyl halides is 3. The lowest BCUT2D eigenvalue weighted by molar-refractivity contribution is -0.137. The van der Waals surface area contributed by atoms with Crippen molar-refractivity contribution >= 4 is 32.1 Å². The summed E-state index contributed by atoms with van der Waals surface area (Å²) in [5.41, 5.74) is 5.49. The molecule has 0 unspecified atom stereocenters. The van der Waals surface area contributed by atoms with Crippen LogP contribution in [0.4, 0.5) is 19.0 Å². The maximum Gasteiger partial charge on any atom is 0.419 e. The van der Waals surface area contributed by atoms with Gasteiger partial charge in [-0.15, -0.1) is 0 Å². The molecule has 178 valence electrons. The third-order valence-corrected chi connectivity index (χ3v) is 8.20. The Labute approximate surface area is 195 Å². The van der Waals surface area contributed by atoms with Crippen molar-refractivity contribution in [2.45, 2.75) is 11.1 Å². The zero-order chi connectivity index (χ0) is 24.1. The number of morpholine rings is 1. The highest BCUT2D eigenvalue weighted by atomic mass is 32.2. The van der Waals surface area contributed by atoms with E-state index >= 15 is 0 Å². The molecule has 1 saturated heterocycles. The number of hydrogen-bond donors (Lipinski definition) is 1. The number of ether oxygens (including phenoxy) is 1. The second-order valence-corrected chi connectivity index (χ2v) is 10.3. The van der Waals surface area contributed by atoms with E-state index in [1.165, 1.54) is 44.7 Å². The third kappa shape index (κ3) is 4.02. The molecule has 5 rings (SSSR count). The molecular formula is C20H17F3N6O3S2. The average molecular weight is 511 g/mol. The van der Waals surface area contributed by atoms with Gasteiger partial charge in [0.15, 0.2) is 0 Å². The van der Waals surface area contributed by atoms with Gasteiger partial charge in [0.25, 0.3) is 0 Å². The molecule has 2 N–H and O–H groups in total. The Hall–Kier alpha value is -3.07. The van der Waals surface area contributed by atoms with E-state index in [-0.39, 0.29) is 10.5 Å². The molecule has 3 aromatic heterocycles. The minimum Gasteiger partial charge on any atom is -0.383 e. The average Bonchev–Trinajstić information content (AvgIpc) is 3.41. The molecule has 1 aliphatic heterocycles. The van der Waals surface area contributed by atoms with Crippen LogP contribution in [0.1, 0.15) is 5.56 Å². The van der Waals surface area contributed by atoms with Crippen molar-refractivity contribution in [2.24, 2.45) is 0 Å². The van der Waals surface area contributed by atoms with E-state index in [0.717, 1.165) is 6.07 Å². The van der Waals surface area contributed by atoms with E-state index in [1.807, 2.05) is 0 Å². The molecule has 0 saturated carbocycles. The van der Waals surface area contributed by atoms with Crippen LogP contribution in [0.15, 0.2) is 47.6 Å². The van der Waals surface area contributed by atoms with Gasteiger partial charge in [-0.05, 0) is 18.2 Å². The van der Waals surface area contributed by atoms with Crippen LogP contribution in [0.2, 0.25) is 0 Å².